The quantitative estimate of drug-likeness (QED) is 0.0417. The van der Waals surface area contributed by atoms with E-state index in [1.165, 1.54) is 327 Å². The molecule has 0 bridgehead atoms. The van der Waals surface area contributed by atoms with Crippen LogP contribution in [-0.4, -0.2) is 47.4 Å². The van der Waals surface area contributed by atoms with E-state index in [2.05, 4.69) is 19.2 Å². The molecule has 6 heteroatoms. The number of unbranched alkanes of at least 4 members (excludes halogenated alkanes) is 54. The van der Waals surface area contributed by atoms with E-state index >= 15 is 0 Å². The Kier molecular flexibility index (Phi) is 63.4. The van der Waals surface area contributed by atoms with E-state index in [0.29, 0.717) is 25.9 Å². The highest BCUT2D eigenvalue weighted by molar-refractivity contribution is 5.76. The zero-order valence-corrected chi connectivity index (χ0v) is 50.6. The maximum Gasteiger partial charge on any atom is 0.305 e. The lowest BCUT2D eigenvalue weighted by Gasteiger charge is -2.22. The average molecular weight is 1050 g/mol. The van der Waals surface area contributed by atoms with Gasteiger partial charge in [0.2, 0.25) is 5.91 Å². The van der Waals surface area contributed by atoms with E-state index in [1.54, 1.807) is 0 Å². The molecule has 0 aromatic rings. The van der Waals surface area contributed by atoms with Crippen LogP contribution in [0.1, 0.15) is 399 Å². The Morgan fingerprint density at radius 3 is 0.824 bits per heavy atom. The summed E-state index contributed by atoms with van der Waals surface area (Å²) >= 11 is 0. The number of amides is 1. The molecule has 2 unspecified atom stereocenters. The van der Waals surface area contributed by atoms with E-state index in [1.807, 2.05) is 0 Å². The fraction of sp³-hybridized carbons (Fsp3) is 0.971. The molecule has 0 heterocycles. The molecule has 0 aliphatic heterocycles. The molecule has 0 aliphatic carbocycles. The smallest absolute Gasteiger partial charge is 0.305 e. The number of nitrogens with one attached hydrogen (secondary N) is 1. The van der Waals surface area contributed by atoms with Crippen molar-refractivity contribution in [3.63, 3.8) is 0 Å². The van der Waals surface area contributed by atoms with Crippen molar-refractivity contribution in [2.75, 3.05) is 13.2 Å². The maximum atomic E-state index is 12.5. The molecule has 1 amide bonds. The molecular formula is C68H135NO5. The number of carbonyl (C=O) groups is 2. The van der Waals surface area contributed by atoms with E-state index in [-0.39, 0.29) is 18.5 Å². The Balaban J connectivity index is 3.39. The molecule has 442 valence electrons. The van der Waals surface area contributed by atoms with Crippen LogP contribution in [0.25, 0.3) is 0 Å². The fourth-order valence-corrected chi connectivity index (χ4v) is 11.2. The third kappa shape index (κ3) is 60.1. The van der Waals surface area contributed by atoms with Crippen molar-refractivity contribution in [2.45, 2.75) is 411 Å². The number of aliphatic hydroxyl groups excluding tert-OH is 2. The predicted molar refractivity (Wildman–Crippen MR) is 324 cm³/mol. The van der Waals surface area contributed by atoms with E-state index in [0.717, 1.165) is 38.5 Å². The highest BCUT2D eigenvalue weighted by Crippen LogP contribution is 2.19. The van der Waals surface area contributed by atoms with Crippen LogP contribution in [0.3, 0.4) is 0 Å². The highest BCUT2D eigenvalue weighted by atomic mass is 16.5. The Hall–Kier alpha value is -1.14. The molecule has 0 spiro atoms. The second-order valence-corrected chi connectivity index (χ2v) is 23.9. The lowest BCUT2D eigenvalue weighted by molar-refractivity contribution is -0.143. The third-order valence-corrected chi connectivity index (χ3v) is 16.4. The standard InChI is InChI=1S/C68H135NO5/c1-3-5-7-9-11-13-15-17-19-20-21-22-23-24-25-26-29-33-36-40-44-48-52-56-60-66(71)65(64-70)69-67(72)61-57-53-49-45-41-37-34-30-27-28-31-35-39-43-47-51-55-59-63-74-68(73)62-58-54-50-46-42-38-32-18-16-14-12-10-8-6-4-2/h65-66,70-71H,3-64H2,1-2H3,(H,69,72). The van der Waals surface area contributed by atoms with Gasteiger partial charge in [-0.3, -0.25) is 9.59 Å². The lowest BCUT2D eigenvalue weighted by atomic mass is 10.0. The Labute approximate surface area is 464 Å². The van der Waals surface area contributed by atoms with Gasteiger partial charge in [-0.25, -0.2) is 0 Å². The van der Waals surface area contributed by atoms with Gasteiger partial charge < -0.3 is 20.3 Å². The molecule has 6 nitrogen and oxygen atoms in total. The number of esters is 1. The largest absolute Gasteiger partial charge is 0.466 e. The summed E-state index contributed by atoms with van der Waals surface area (Å²) in [6, 6.07) is -0.545. The van der Waals surface area contributed by atoms with Gasteiger partial charge in [-0.1, -0.05) is 361 Å². The van der Waals surface area contributed by atoms with Crippen LogP contribution in [0.5, 0.6) is 0 Å². The number of aliphatic hydroxyl groups is 2. The van der Waals surface area contributed by atoms with Crippen molar-refractivity contribution in [3.05, 3.63) is 0 Å². The SMILES string of the molecule is CCCCCCCCCCCCCCCCCCCCCCCCCCC(O)C(CO)NC(=O)CCCCCCCCCCCCCCCCCCCCOC(=O)CCCCCCCCCCCCCCCCC. The first-order valence-electron chi connectivity index (χ1n) is 34.3. The minimum Gasteiger partial charge on any atom is -0.466 e. The average Bonchev–Trinajstić information content (AvgIpc) is 3.40. The summed E-state index contributed by atoms with van der Waals surface area (Å²) in [6.45, 7) is 4.99. The molecule has 0 fully saturated rings. The van der Waals surface area contributed by atoms with Crippen molar-refractivity contribution >= 4 is 11.9 Å². The fourth-order valence-electron chi connectivity index (χ4n) is 11.2. The zero-order chi connectivity index (χ0) is 53.6. The van der Waals surface area contributed by atoms with E-state index in [9.17, 15) is 19.8 Å². The number of ether oxygens (including phenoxy) is 1. The van der Waals surface area contributed by atoms with Crippen molar-refractivity contribution in [3.8, 4) is 0 Å². The van der Waals surface area contributed by atoms with Crippen molar-refractivity contribution in [2.24, 2.45) is 0 Å². The molecule has 2 atom stereocenters. The van der Waals surface area contributed by atoms with Crippen molar-refractivity contribution in [1.29, 1.82) is 0 Å². The molecule has 0 rings (SSSR count). The van der Waals surface area contributed by atoms with E-state index < -0.39 is 12.1 Å². The van der Waals surface area contributed by atoms with Gasteiger partial charge in [-0.05, 0) is 25.7 Å². The summed E-state index contributed by atoms with van der Waals surface area (Å²) < 4.78 is 5.49. The topological polar surface area (TPSA) is 95.9 Å². The minimum atomic E-state index is -0.667. The van der Waals surface area contributed by atoms with Crippen LogP contribution in [0.4, 0.5) is 0 Å². The first-order valence-corrected chi connectivity index (χ1v) is 34.3. The summed E-state index contributed by atoms with van der Waals surface area (Å²) in [5, 5.41) is 23.4. The summed E-state index contributed by atoms with van der Waals surface area (Å²) in [5.74, 6) is -0.0212. The Morgan fingerprint density at radius 2 is 0.554 bits per heavy atom. The van der Waals surface area contributed by atoms with Gasteiger partial charge in [0.1, 0.15) is 0 Å². The molecule has 0 aromatic heterocycles. The Bertz CT molecular complexity index is 1070. The molecule has 74 heavy (non-hydrogen) atoms. The number of hydrogen-bond acceptors (Lipinski definition) is 5. The Morgan fingerprint density at radius 1 is 0.324 bits per heavy atom. The summed E-state index contributed by atoms with van der Waals surface area (Å²) in [6.07, 6.45) is 77.0. The number of hydrogen-bond donors (Lipinski definition) is 3. The zero-order valence-electron chi connectivity index (χ0n) is 50.6. The molecule has 0 saturated carbocycles. The molecule has 0 aliphatic rings. The van der Waals surface area contributed by atoms with Gasteiger partial charge in [0, 0.05) is 12.8 Å². The summed E-state index contributed by atoms with van der Waals surface area (Å²) in [5.41, 5.74) is 0. The van der Waals surface area contributed by atoms with Gasteiger partial charge in [0.05, 0.1) is 25.4 Å². The van der Waals surface area contributed by atoms with Gasteiger partial charge in [0.15, 0.2) is 0 Å². The predicted octanol–water partition coefficient (Wildman–Crippen LogP) is 21.8. The monoisotopic (exact) mass is 1050 g/mol. The van der Waals surface area contributed by atoms with Crippen LogP contribution in [0, 0.1) is 0 Å². The third-order valence-electron chi connectivity index (χ3n) is 16.4. The minimum absolute atomic E-state index is 0.0120. The van der Waals surface area contributed by atoms with Gasteiger partial charge in [0.25, 0.3) is 0 Å². The molecular weight excluding hydrogens is 911 g/mol. The van der Waals surface area contributed by atoms with Crippen LogP contribution in [-0.2, 0) is 14.3 Å². The van der Waals surface area contributed by atoms with Crippen LogP contribution in [0.2, 0.25) is 0 Å². The van der Waals surface area contributed by atoms with Crippen molar-refractivity contribution in [1.82, 2.24) is 5.32 Å². The highest BCUT2D eigenvalue weighted by Gasteiger charge is 2.20. The molecule has 0 aromatic carbocycles. The molecule has 0 radical (unpaired) electrons. The van der Waals surface area contributed by atoms with Gasteiger partial charge in [-0.2, -0.15) is 0 Å². The lowest BCUT2D eigenvalue weighted by Crippen LogP contribution is -2.45. The second kappa shape index (κ2) is 64.4. The normalized spacial score (nSPS) is 12.4. The number of rotatable bonds is 65. The number of carbonyl (C=O) groups excluding carboxylic acids is 2. The summed E-state index contributed by atoms with van der Waals surface area (Å²) in [7, 11) is 0. The van der Waals surface area contributed by atoms with Gasteiger partial charge >= 0.3 is 5.97 Å². The molecule has 3 N–H and O–H groups in total. The van der Waals surface area contributed by atoms with Crippen molar-refractivity contribution < 1.29 is 24.5 Å². The first-order chi connectivity index (χ1) is 36.5. The van der Waals surface area contributed by atoms with E-state index in [4.69, 9.17) is 4.74 Å². The van der Waals surface area contributed by atoms with Gasteiger partial charge in [-0.15, -0.1) is 0 Å². The van der Waals surface area contributed by atoms with Crippen LogP contribution in [0.15, 0.2) is 0 Å². The van der Waals surface area contributed by atoms with Crippen LogP contribution >= 0.6 is 0 Å². The summed E-state index contributed by atoms with van der Waals surface area (Å²) in [4.78, 5) is 24.6. The maximum absolute atomic E-state index is 12.5. The second-order valence-electron chi connectivity index (χ2n) is 23.9. The van der Waals surface area contributed by atoms with Crippen LogP contribution < -0.4 is 5.32 Å². The molecule has 0 saturated heterocycles. The first kappa shape index (κ1) is 72.9.